The number of hydrogen-bond acceptors (Lipinski definition) is 2. The quantitative estimate of drug-likeness (QED) is 0.499. The average molecular weight is 128 g/mol. The summed E-state index contributed by atoms with van der Waals surface area (Å²) in [5.74, 6) is 0.182. The Kier molecular flexibility index (Phi) is 2.05. The van der Waals surface area contributed by atoms with Gasteiger partial charge < -0.3 is 10.6 Å². The van der Waals surface area contributed by atoms with Crippen LogP contribution in [-0.4, -0.2) is 25.5 Å². The minimum Gasteiger partial charge on any atom is -0.355 e. The molecule has 9 heavy (non-hydrogen) atoms. The Labute approximate surface area is 54.8 Å². The van der Waals surface area contributed by atoms with Gasteiger partial charge in [0.15, 0.2) is 0 Å². The van der Waals surface area contributed by atoms with Gasteiger partial charge in [0.2, 0.25) is 5.91 Å². The number of rotatable bonds is 1. The molecule has 0 unspecified atom stereocenters. The first kappa shape index (κ1) is 6.55. The normalized spacial score (nSPS) is 27.7. The van der Waals surface area contributed by atoms with Crippen LogP contribution in [0.4, 0.5) is 0 Å². The van der Waals surface area contributed by atoms with E-state index in [1.54, 1.807) is 0 Å². The van der Waals surface area contributed by atoms with Crippen LogP contribution in [0.25, 0.3) is 0 Å². The molecule has 0 spiro atoms. The predicted molar refractivity (Wildman–Crippen MR) is 35.1 cm³/mol. The van der Waals surface area contributed by atoms with E-state index in [0.29, 0.717) is 12.5 Å². The van der Waals surface area contributed by atoms with E-state index >= 15 is 0 Å². The molecule has 0 aliphatic carbocycles. The van der Waals surface area contributed by atoms with Crippen LogP contribution < -0.4 is 10.6 Å². The van der Waals surface area contributed by atoms with Crippen LogP contribution in [0, 0.1) is 0 Å². The van der Waals surface area contributed by atoms with Gasteiger partial charge in [-0.2, -0.15) is 0 Å². The molecular weight excluding hydrogens is 116 g/mol. The van der Waals surface area contributed by atoms with Crippen molar-refractivity contribution in [3.63, 3.8) is 0 Å². The second-order valence-electron chi connectivity index (χ2n) is 2.33. The van der Waals surface area contributed by atoms with Crippen LogP contribution in [0.5, 0.6) is 0 Å². The maximum Gasteiger partial charge on any atom is 0.220 e. The lowest BCUT2D eigenvalue weighted by Gasteiger charge is -2.21. The number of piperidine rings is 1. The number of amides is 1. The van der Waals surface area contributed by atoms with E-state index in [1.165, 1.54) is 0 Å². The van der Waals surface area contributed by atoms with E-state index in [1.807, 2.05) is 7.05 Å². The summed E-state index contributed by atoms with van der Waals surface area (Å²) in [6.45, 7) is 0.787. The highest BCUT2D eigenvalue weighted by Gasteiger charge is 2.14. The molecular formula is C6H12N2O. The number of likely N-dealkylation sites (N-methyl/N-ethyl adjacent to an activating group) is 1. The Balaban J connectivity index is 2.26. The fraction of sp³-hybridized carbons (Fsp3) is 0.833. The second-order valence-corrected chi connectivity index (χ2v) is 2.33. The minimum absolute atomic E-state index is 0.182. The molecule has 0 radical (unpaired) electrons. The van der Waals surface area contributed by atoms with Crippen molar-refractivity contribution in [1.29, 1.82) is 0 Å². The Morgan fingerprint density at radius 1 is 1.78 bits per heavy atom. The van der Waals surface area contributed by atoms with Gasteiger partial charge in [-0.05, 0) is 13.5 Å². The summed E-state index contributed by atoms with van der Waals surface area (Å²) in [4.78, 5) is 10.6. The SMILES string of the molecule is CN[C@@H]1CCC(=O)NC1. The van der Waals surface area contributed by atoms with Crippen LogP contribution in [-0.2, 0) is 4.79 Å². The molecule has 2 N–H and O–H groups in total. The zero-order valence-corrected chi connectivity index (χ0v) is 5.61. The van der Waals surface area contributed by atoms with Gasteiger partial charge >= 0.3 is 0 Å². The number of nitrogens with one attached hydrogen (secondary N) is 2. The molecule has 1 aliphatic heterocycles. The summed E-state index contributed by atoms with van der Waals surface area (Å²) >= 11 is 0. The first-order chi connectivity index (χ1) is 4.33. The maximum atomic E-state index is 10.6. The molecule has 1 fully saturated rings. The highest BCUT2D eigenvalue weighted by molar-refractivity contribution is 5.76. The zero-order valence-electron chi connectivity index (χ0n) is 5.61. The van der Waals surface area contributed by atoms with Crippen molar-refractivity contribution in [2.75, 3.05) is 13.6 Å². The van der Waals surface area contributed by atoms with Crippen molar-refractivity contribution >= 4 is 5.91 Å². The number of carbonyl (C=O) groups excluding carboxylic acids is 1. The van der Waals surface area contributed by atoms with Crippen LogP contribution in [0.15, 0.2) is 0 Å². The van der Waals surface area contributed by atoms with Crippen LogP contribution in [0.2, 0.25) is 0 Å². The number of hydrogen-bond donors (Lipinski definition) is 2. The molecule has 52 valence electrons. The summed E-state index contributed by atoms with van der Waals surface area (Å²) in [5, 5.41) is 5.89. The van der Waals surface area contributed by atoms with E-state index in [0.717, 1.165) is 13.0 Å². The van der Waals surface area contributed by atoms with Gasteiger partial charge in [0.25, 0.3) is 0 Å². The van der Waals surface area contributed by atoms with Crippen LogP contribution in [0.1, 0.15) is 12.8 Å². The van der Waals surface area contributed by atoms with Gasteiger partial charge in [-0.25, -0.2) is 0 Å². The third kappa shape index (κ3) is 1.68. The summed E-state index contributed by atoms with van der Waals surface area (Å²) in [6.07, 6.45) is 1.65. The van der Waals surface area contributed by atoms with Gasteiger partial charge in [-0.3, -0.25) is 4.79 Å². The van der Waals surface area contributed by atoms with E-state index < -0.39 is 0 Å². The third-order valence-electron chi connectivity index (χ3n) is 1.67. The first-order valence-corrected chi connectivity index (χ1v) is 3.27. The van der Waals surface area contributed by atoms with Gasteiger partial charge in [-0.15, -0.1) is 0 Å². The third-order valence-corrected chi connectivity index (χ3v) is 1.67. The van der Waals surface area contributed by atoms with Crippen molar-refractivity contribution in [2.24, 2.45) is 0 Å². The highest BCUT2D eigenvalue weighted by atomic mass is 16.1. The van der Waals surface area contributed by atoms with Gasteiger partial charge in [0.1, 0.15) is 0 Å². The zero-order chi connectivity index (χ0) is 6.69. The lowest BCUT2D eigenvalue weighted by atomic mass is 10.1. The largest absolute Gasteiger partial charge is 0.355 e. The molecule has 0 bridgehead atoms. The molecule has 0 aromatic rings. The molecule has 0 saturated carbocycles. The van der Waals surface area contributed by atoms with E-state index in [2.05, 4.69) is 10.6 Å². The maximum absolute atomic E-state index is 10.6. The highest BCUT2D eigenvalue weighted by Crippen LogP contribution is 2.00. The molecule has 3 heteroatoms. The molecule has 1 amide bonds. The molecule has 0 aromatic heterocycles. The summed E-state index contributed by atoms with van der Waals surface area (Å²) in [5.41, 5.74) is 0. The first-order valence-electron chi connectivity index (χ1n) is 3.27. The second kappa shape index (κ2) is 2.82. The van der Waals surface area contributed by atoms with Crippen molar-refractivity contribution in [3.05, 3.63) is 0 Å². The Hall–Kier alpha value is -0.570. The topological polar surface area (TPSA) is 41.1 Å². The van der Waals surface area contributed by atoms with Gasteiger partial charge in [0, 0.05) is 19.0 Å². The molecule has 3 nitrogen and oxygen atoms in total. The van der Waals surface area contributed by atoms with E-state index in [4.69, 9.17) is 0 Å². The summed E-state index contributed by atoms with van der Waals surface area (Å²) in [6, 6.07) is 0.489. The molecule has 1 aliphatic rings. The Bertz CT molecular complexity index is 104. The standard InChI is InChI=1S/C6H12N2O/c1-7-5-2-3-6(9)8-4-5/h5,7H,2-4H2,1H3,(H,8,9)/t5-/m1/s1. The van der Waals surface area contributed by atoms with Crippen LogP contribution >= 0.6 is 0 Å². The predicted octanol–water partition coefficient (Wildman–Crippen LogP) is -0.516. The Morgan fingerprint density at radius 3 is 3.00 bits per heavy atom. The molecule has 0 aromatic carbocycles. The molecule has 1 saturated heterocycles. The molecule has 1 rings (SSSR count). The number of carbonyl (C=O) groups is 1. The van der Waals surface area contributed by atoms with Gasteiger partial charge in [0.05, 0.1) is 0 Å². The lowest BCUT2D eigenvalue weighted by Crippen LogP contribution is -2.44. The van der Waals surface area contributed by atoms with Crippen molar-refractivity contribution in [1.82, 2.24) is 10.6 Å². The van der Waals surface area contributed by atoms with Gasteiger partial charge in [-0.1, -0.05) is 0 Å². The molecule has 1 heterocycles. The van der Waals surface area contributed by atoms with Crippen molar-refractivity contribution < 1.29 is 4.79 Å². The summed E-state index contributed by atoms with van der Waals surface area (Å²) < 4.78 is 0. The van der Waals surface area contributed by atoms with Crippen molar-refractivity contribution in [3.8, 4) is 0 Å². The van der Waals surface area contributed by atoms with E-state index in [-0.39, 0.29) is 5.91 Å². The fourth-order valence-corrected chi connectivity index (χ4v) is 0.979. The van der Waals surface area contributed by atoms with Crippen molar-refractivity contribution in [2.45, 2.75) is 18.9 Å². The monoisotopic (exact) mass is 128 g/mol. The minimum atomic E-state index is 0.182. The Morgan fingerprint density at radius 2 is 2.56 bits per heavy atom. The fourth-order valence-electron chi connectivity index (χ4n) is 0.979. The smallest absolute Gasteiger partial charge is 0.220 e. The lowest BCUT2D eigenvalue weighted by molar-refractivity contribution is -0.122. The average Bonchev–Trinajstić information content (AvgIpc) is 1.90. The summed E-state index contributed by atoms with van der Waals surface area (Å²) in [7, 11) is 1.92. The molecule has 1 atom stereocenters. The van der Waals surface area contributed by atoms with Crippen LogP contribution in [0.3, 0.4) is 0 Å². The van der Waals surface area contributed by atoms with E-state index in [9.17, 15) is 4.79 Å².